The fourth-order valence-corrected chi connectivity index (χ4v) is 3.71. The maximum Gasteiger partial charge on any atom is 0.332 e. The first-order valence-electron chi connectivity index (χ1n) is 10.8. The zero-order valence-corrected chi connectivity index (χ0v) is 18.6. The fraction of sp³-hybridized carbons (Fsp3) is 0.240. The van der Waals surface area contributed by atoms with Crippen molar-refractivity contribution < 1.29 is 4.79 Å². The summed E-state index contributed by atoms with van der Waals surface area (Å²) in [5, 5.41) is 3.06. The van der Waals surface area contributed by atoms with E-state index in [0.717, 1.165) is 23.0 Å². The normalized spacial score (nSPS) is 11.9. The highest BCUT2D eigenvalue weighted by Gasteiger charge is 2.17. The van der Waals surface area contributed by atoms with Crippen LogP contribution in [0, 0.1) is 0 Å². The van der Waals surface area contributed by atoms with Crippen LogP contribution in [0.5, 0.6) is 0 Å². The molecule has 0 bridgehead atoms. The number of amides is 1. The number of aromatic nitrogens is 4. The van der Waals surface area contributed by atoms with Gasteiger partial charge in [0, 0.05) is 24.8 Å². The lowest BCUT2D eigenvalue weighted by atomic mass is 10.1. The van der Waals surface area contributed by atoms with Gasteiger partial charge in [0.2, 0.25) is 5.91 Å². The maximum atomic E-state index is 13.0. The zero-order valence-electron chi connectivity index (χ0n) is 18.6. The van der Waals surface area contributed by atoms with E-state index in [2.05, 4.69) is 15.3 Å². The average molecular weight is 444 g/mol. The van der Waals surface area contributed by atoms with Crippen LogP contribution in [-0.2, 0) is 24.8 Å². The maximum absolute atomic E-state index is 13.0. The van der Waals surface area contributed by atoms with E-state index >= 15 is 0 Å². The first-order valence-corrected chi connectivity index (χ1v) is 10.8. The number of rotatable bonds is 7. The molecule has 33 heavy (non-hydrogen) atoms. The Bertz CT molecular complexity index is 1390. The summed E-state index contributed by atoms with van der Waals surface area (Å²) in [4.78, 5) is 47.1. The van der Waals surface area contributed by atoms with Gasteiger partial charge in [-0.05, 0) is 25.3 Å². The number of carbonyl (C=O) groups is 1. The molecule has 0 aliphatic heterocycles. The molecule has 0 aliphatic rings. The molecular formula is C25H25N5O3. The third kappa shape index (κ3) is 4.90. The molecule has 4 rings (SSSR count). The Hall–Kier alpha value is -4.07. The van der Waals surface area contributed by atoms with Gasteiger partial charge in [0.15, 0.2) is 11.5 Å². The van der Waals surface area contributed by atoms with E-state index in [9.17, 15) is 14.4 Å². The van der Waals surface area contributed by atoms with E-state index in [1.54, 1.807) is 0 Å². The summed E-state index contributed by atoms with van der Waals surface area (Å²) in [6.07, 6.45) is 2.97. The molecule has 0 spiro atoms. The van der Waals surface area contributed by atoms with Gasteiger partial charge in [0.25, 0.3) is 5.56 Å². The van der Waals surface area contributed by atoms with Gasteiger partial charge in [-0.3, -0.25) is 18.7 Å². The topological polar surface area (TPSA) is 98.9 Å². The van der Waals surface area contributed by atoms with E-state index in [1.165, 1.54) is 23.4 Å². The monoisotopic (exact) mass is 443 g/mol. The van der Waals surface area contributed by atoms with Crippen LogP contribution >= 0.6 is 0 Å². The van der Waals surface area contributed by atoms with E-state index in [0.29, 0.717) is 5.82 Å². The molecule has 0 radical (unpaired) electrons. The molecule has 8 heteroatoms. The predicted molar refractivity (Wildman–Crippen MR) is 127 cm³/mol. The Kier molecular flexibility index (Phi) is 6.44. The molecule has 0 saturated carbocycles. The van der Waals surface area contributed by atoms with Crippen LogP contribution in [0.4, 0.5) is 0 Å². The number of nitrogens with zero attached hydrogens (tertiary/aromatic N) is 4. The third-order valence-corrected chi connectivity index (χ3v) is 5.53. The van der Waals surface area contributed by atoms with Crippen LogP contribution in [0.15, 0.2) is 76.4 Å². The lowest BCUT2D eigenvalue weighted by Gasteiger charge is -2.15. The molecule has 4 aromatic rings. The minimum Gasteiger partial charge on any atom is -0.352 e. The van der Waals surface area contributed by atoms with Gasteiger partial charge in [0.05, 0.1) is 0 Å². The highest BCUT2D eigenvalue weighted by molar-refractivity contribution is 5.78. The number of benzene rings is 2. The lowest BCUT2D eigenvalue weighted by molar-refractivity contribution is -0.122. The van der Waals surface area contributed by atoms with Gasteiger partial charge in [-0.25, -0.2) is 14.8 Å². The largest absolute Gasteiger partial charge is 0.352 e. The Morgan fingerprint density at radius 1 is 1.03 bits per heavy atom. The molecular weight excluding hydrogens is 418 g/mol. The number of carbonyl (C=O) groups excluding carboxylic acids is 1. The van der Waals surface area contributed by atoms with Crippen LogP contribution < -0.4 is 16.6 Å². The average Bonchev–Trinajstić information content (AvgIpc) is 2.85. The quantitative estimate of drug-likeness (QED) is 0.473. The lowest BCUT2D eigenvalue weighted by Crippen LogP contribution is -2.45. The standard InChI is InChI=1S/C25H25N5O3/c1-17(13-14-18-9-5-3-6-10-18)27-21(31)16-30-24(32)20-15-26-22(19-11-7-4-8-12-19)28-23(20)29(2)25(30)33/h3-12,15,17H,13-14,16H2,1-2H3,(H,27,31). The Morgan fingerprint density at radius 2 is 1.70 bits per heavy atom. The van der Waals surface area contributed by atoms with Crippen molar-refractivity contribution in [2.24, 2.45) is 7.05 Å². The van der Waals surface area contributed by atoms with Crippen LogP contribution in [0.3, 0.4) is 0 Å². The third-order valence-electron chi connectivity index (χ3n) is 5.53. The molecule has 168 valence electrons. The van der Waals surface area contributed by atoms with Crippen molar-refractivity contribution >= 4 is 16.9 Å². The van der Waals surface area contributed by atoms with Crippen molar-refractivity contribution in [2.45, 2.75) is 32.4 Å². The van der Waals surface area contributed by atoms with Gasteiger partial charge < -0.3 is 5.32 Å². The summed E-state index contributed by atoms with van der Waals surface area (Å²) in [6, 6.07) is 19.2. The summed E-state index contributed by atoms with van der Waals surface area (Å²) < 4.78 is 2.20. The van der Waals surface area contributed by atoms with Gasteiger partial charge in [-0.1, -0.05) is 60.7 Å². The van der Waals surface area contributed by atoms with Crippen molar-refractivity contribution in [1.29, 1.82) is 0 Å². The highest BCUT2D eigenvalue weighted by Crippen LogP contribution is 2.15. The van der Waals surface area contributed by atoms with Crippen molar-refractivity contribution in [1.82, 2.24) is 24.4 Å². The van der Waals surface area contributed by atoms with Crippen molar-refractivity contribution in [2.75, 3.05) is 0 Å². The van der Waals surface area contributed by atoms with E-state index in [4.69, 9.17) is 0 Å². The minimum atomic E-state index is -0.600. The molecule has 8 nitrogen and oxygen atoms in total. The summed E-state index contributed by atoms with van der Waals surface area (Å²) in [7, 11) is 1.53. The molecule has 2 aromatic carbocycles. The van der Waals surface area contributed by atoms with Gasteiger partial charge in [0.1, 0.15) is 11.9 Å². The Morgan fingerprint density at radius 3 is 2.39 bits per heavy atom. The molecule has 2 aromatic heterocycles. The summed E-state index contributed by atoms with van der Waals surface area (Å²) >= 11 is 0. The van der Waals surface area contributed by atoms with Gasteiger partial charge in [-0.15, -0.1) is 0 Å². The van der Waals surface area contributed by atoms with E-state index in [1.807, 2.05) is 67.6 Å². The Balaban J connectivity index is 1.53. The summed E-state index contributed by atoms with van der Waals surface area (Å²) in [5.74, 6) is 0.0242. The van der Waals surface area contributed by atoms with Crippen LogP contribution in [-0.4, -0.2) is 31.1 Å². The smallest absolute Gasteiger partial charge is 0.332 e. The minimum absolute atomic E-state index is 0.102. The van der Waals surface area contributed by atoms with Crippen molar-refractivity contribution in [3.8, 4) is 11.4 Å². The first kappa shape index (κ1) is 22.1. The molecule has 0 aliphatic carbocycles. The summed E-state index contributed by atoms with van der Waals surface area (Å²) in [6.45, 7) is 1.54. The second-order valence-corrected chi connectivity index (χ2v) is 8.02. The Labute approximate surface area is 190 Å². The number of hydrogen-bond acceptors (Lipinski definition) is 5. The molecule has 0 saturated heterocycles. The SMILES string of the molecule is CC(CCc1ccccc1)NC(=O)Cn1c(=O)c2cnc(-c3ccccc3)nc2n(C)c1=O. The molecule has 1 unspecified atom stereocenters. The fourth-order valence-electron chi connectivity index (χ4n) is 3.71. The molecule has 2 heterocycles. The number of fused-ring (bicyclic) bond motifs is 1. The van der Waals surface area contributed by atoms with Crippen LogP contribution in [0.2, 0.25) is 0 Å². The predicted octanol–water partition coefficient (Wildman–Crippen LogP) is 2.29. The molecule has 1 amide bonds. The molecule has 0 fully saturated rings. The number of aryl methyl sites for hydroxylation is 2. The molecule has 1 N–H and O–H groups in total. The molecule has 1 atom stereocenters. The summed E-state index contributed by atoms with van der Waals surface area (Å²) in [5.41, 5.74) is 1.01. The second-order valence-electron chi connectivity index (χ2n) is 8.02. The van der Waals surface area contributed by atoms with E-state index < -0.39 is 17.2 Å². The second kappa shape index (κ2) is 9.60. The highest BCUT2D eigenvalue weighted by atomic mass is 16.2. The van der Waals surface area contributed by atoms with Gasteiger partial charge >= 0.3 is 5.69 Å². The van der Waals surface area contributed by atoms with E-state index in [-0.39, 0.29) is 23.6 Å². The zero-order chi connectivity index (χ0) is 23.4. The van der Waals surface area contributed by atoms with Crippen molar-refractivity contribution in [3.05, 3.63) is 93.3 Å². The van der Waals surface area contributed by atoms with Crippen LogP contribution in [0.25, 0.3) is 22.4 Å². The number of hydrogen-bond donors (Lipinski definition) is 1. The van der Waals surface area contributed by atoms with Crippen molar-refractivity contribution in [3.63, 3.8) is 0 Å². The first-order chi connectivity index (χ1) is 15.9. The van der Waals surface area contributed by atoms with Gasteiger partial charge in [-0.2, -0.15) is 0 Å². The number of nitrogens with one attached hydrogen (secondary N) is 1. The van der Waals surface area contributed by atoms with Crippen LogP contribution in [0.1, 0.15) is 18.9 Å².